The first-order valence-corrected chi connectivity index (χ1v) is 9.93. The molecule has 1 saturated heterocycles. The van der Waals surface area contributed by atoms with Gasteiger partial charge in [-0.2, -0.15) is 0 Å². The van der Waals surface area contributed by atoms with Crippen LogP contribution in [0.1, 0.15) is 64.8 Å². The molecule has 1 aromatic rings. The molecule has 2 amide bonds. The number of nitrogens with one attached hydrogen (secondary N) is 1. The summed E-state index contributed by atoms with van der Waals surface area (Å²) in [4.78, 5) is 48.1. The van der Waals surface area contributed by atoms with E-state index in [0.29, 0.717) is 32.5 Å². The number of ether oxygens (including phenoxy) is 1. The van der Waals surface area contributed by atoms with Crippen molar-refractivity contribution in [2.75, 3.05) is 19.6 Å². The fraction of sp³-hybridized carbons (Fsp3) is 0.700. The van der Waals surface area contributed by atoms with Crippen molar-refractivity contribution < 1.29 is 19.1 Å². The summed E-state index contributed by atoms with van der Waals surface area (Å²) < 4.78 is 5.49. The molecule has 8 nitrogen and oxygen atoms in total. The molecular weight excluding hydrogens is 360 g/mol. The number of hydrogen-bond acceptors (Lipinski definition) is 5. The Balaban J connectivity index is 1.79. The van der Waals surface area contributed by atoms with E-state index in [0.717, 1.165) is 17.8 Å². The molecule has 0 saturated carbocycles. The number of likely N-dealkylation sites (tertiary alicyclic amines) is 1. The lowest BCUT2D eigenvalue weighted by atomic mass is 9.78. The Hall–Kier alpha value is -2.38. The van der Waals surface area contributed by atoms with Gasteiger partial charge in [0.15, 0.2) is 0 Å². The predicted molar refractivity (Wildman–Crippen MR) is 103 cm³/mol. The second kappa shape index (κ2) is 7.56. The number of imidazole rings is 1. The molecule has 1 fully saturated rings. The highest BCUT2D eigenvalue weighted by atomic mass is 16.6. The van der Waals surface area contributed by atoms with Crippen molar-refractivity contribution in [2.24, 2.45) is 0 Å². The third-order valence-corrected chi connectivity index (χ3v) is 5.50. The van der Waals surface area contributed by atoms with E-state index in [-0.39, 0.29) is 30.6 Å². The number of aromatic amines is 1. The maximum Gasteiger partial charge on any atom is 0.410 e. The van der Waals surface area contributed by atoms with Gasteiger partial charge in [-0.3, -0.25) is 4.79 Å². The summed E-state index contributed by atoms with van der Waals surface area (Å²) >= 11 is 0. The number of carbonyl (C=O) groups excluding carboxylic acids is 3. The molecule has 0 bridgehead atoms. The minimum atomic E-state index is -0.541. The largest absolute Gasteiger partial charge is 0.444 e. The lowest BCUT2D eigenvalue weighted by molar-refractivity contribution is -0.143. The molecule has 1 aromatic heterocycles. The van der Waals surface area contributed by atoms with Crippen LogP contribution >= 0.6 is 0 Å². The molecule has 0 radical (unpaired) electrons. The fourth-order valence-corrected chi connectivity index (χ4v) is 4.15. The Morgan fingerprint density at radius 2 is 1.86 bits per heavy atom. The van der Waals surface area contributed by atoms with Crippen molar-refractivity contribution in [3.8, 4) is 0 Å². The zero-order chi connectivity index (χ0) is 20.5. The van der Waals surface area contributed by atoms with Gasteiger partial charge in [0, 0.05) is 44.6 Å². The average molecular weight is 390 g/mol. The van der Waals surface area contributed by atoms with E-state index in [4.69, 9.17) is 4.74 Å². The van der Waals surface area contributed by atoms with Crippen LogP contribution in [0.25, 0.3) is 0 Å². The first-order chi connectivity index (χ1) is 13.1. The quantitative estimate of drug-likeness (QED) is 0.855. The van der Waals surface area contributed by atoms with Gasteiger partial charge in [-0.15, -0.1) is 0 Å². The molecule has 3 rings (SSSR count). The van der Waals surface area contributed by atoms with Crippen LogP contribution < -0.4 is 0 Å². The summed E-state index contributed by atoms with van der Waals surface area (Å²) in [6.07, 6.45) is 3.76. The molecular formula is C20H30N4O4. The molecule has 28 heavy (non-hydrogen) atoms. The first-order valence-electron chi connectivity index (χ1n) is 9.93. The summed E-state index contributed by atoms with van der Waals surface area (Å²) in [6.45, 7) is 8.65. The van der Waals surface area contributed by atoms with Gasteiger partial charge in [-0.05, 0) is 40.5 Å². The number of aromatic nitrogens is 2. The molecule has 0 aliphatic carbocycles. The molecule has 0 atom stereocenters. The van der Waals surface area contributed by atoms with Gasteiger partial charge in [-0.1, -0.05) is 0 Å². The van der Waals surface area contributed by atoms with E-state index in [2.05, 4.69) is 9.97 Å². The maximum absolute atomic E-state index is 12.9. The van der Waals surface area contributed by atoms with Crippen LogP contribution in [0.3, 0.4) is 0 Å². The standard InChI is InChI=1S/C20H30N4O4/c1-14(25)5-6-16(26)24-10-7-15-17(22-13-21-15)20(24)8-11-23(12-9-20)18(27)28-19(2,3)4/h13H,5-12H2,1-4H3,(H,21,22). The zero-order valence-corrected chi connectivity index (χ0v) is 17.2. The number of Topliss-reactive ketones (excluding diaryl/α,β-unsaturated/α-hetero) is 1. The minimum Gasteiger partial charge on any atom is -0.444 e. The lowest BCUT2D eigenvalue weighted by Crippen LogP contribution is -2.59. The number of fused-ring (bicyclic) bond motifs is 2. The van der Waals surface area contributed by atoms with E-state index in [1.54, 1.807) is 11.2 Å². The van der Waals surface area contributed by atoms with E-state index in [1.165, 1.54) is 6.92 Å². The number of ketones is 1. The lowest BCUT2D eigenvalue weighted by Gasteiger charge is -2.50. The van der Waals surface area contributed by atoms with Crippen molar-refractivity contribution in [3.05, 3.63) is 17.7 Å². The first kappa shape index (κ1) is 20.4. The Bertz CT molecular complexity index is 757. The fourth-order valence-electron chi connectivity index (χ4n) is 4.15. The molecule has 154 valence electrons. The van der Waals surface area contributed by atoms with Gasteiger partial charge in [0.05, 0.1) is 17.6 Å². The molecule has 3 heterocycles. The SMILES string of the molecule is CC(=O)CCC(=O)N1CCc2[nH]cnc2C12CCN(C(=O)OC(C)(C)C)CC2. The van der Waals surface area contributed by atoms with Crippen molar-refractivity contribution in [2.45, 2.75) is 70.9 Å². The van der Waals surface area contributed by atoms with Gasteiger partial charge >= 0.3 is 6.09 Å². The Morgan fingerprint density at radius 3 is 2.46 bits per heavy atom. The molecule has 1 N–H and O–H groups in total. The number of carbonyl (C=O) groups is 3. The van der Waals surface area contributed by atoms with E-state index >= 15 is 0 Å². The summed E-state index contributed by atoms with van der Waals surface area (Å²) in [6, 6.07) is 0. The summed E-state index contributed by atoms with van der Waals surface area (Å²) in [5.74, 6) is -0.00539. The zero-order valence-electron chi connectivity index (χ0n) is 17.2. The predicted octanol–water partition coefficient (Wildman–Crippen LogP) is 2.39. The third-order valence-electron chi connectivity index (χ3n) is 5.50. The number of amides is 2. The highest BCUT2D eigenvalue weighted by molar-refractivity contribution is 5.84. The van der Waals surface area contributed by atoms with Crippen LogP contribution in [0, 0.1) is 0 Å². The molecule has 2 aliphatic heterocycles. The molecule has 1 spiro atoms. The molecule has 8 heteroatoms. The van der Waals surface area contributed by atoms with Crippen LogP contribution in [-0.2, 0) is 26.3 Å². The third kappa shape index (κ3) is 4.05. The number of piperidine rings is 1. The van der Waals surface area contributed by atoms with Crippen LogP contribution in [0.5, 0.6) is 0 Å². The van der Waals surface area contributed by atoms with E-state index in [1.807, 2.05) is 25.7 Å². The molecule has 0 aromatic carbocycles. The highest BCUT2D eigenvalue weighted by Gasteiger charge is 2.49. The summed E-state index contributed by atoms with van der Waals surface area (Å²) in [7, 11) is 0. The second-order valence-electron chi connectivity index (χ2n) is 8.73. The summed E-state index contributed by atoms with van der Waals surface area (Å²) in [5, 5.41) is 0. The highest BCUT2D eigenvalue weighted by Crippen LogP contribution is 2.42. The van der Waals surface area contributed by atoms with E-state index in [9.17, 15) is 14.4 Å². The smallest absolute Gasteiger partial charge is 0.410 e. The van der Waals surface area contributed by atoms with Gasteiger partial charge in [0.2, 0.25) is 5.91 Å². The number of nitrogens with zero attached hydrogens (tertiary/aromatic N) is 3. The van der Waals surface area contributed by atoms with Gasteiger partial charge < -0.3 is 24.3 Å². The van der Waals surface area contributed by atoms with Crippen molar-refractivity contribution in [1.82, 2.24) is 19.8 Å². The van der Waals surface area contributed by atoms with Crippen LogP contribution in [-0.4, -0.2) is 62.8 Å². The number of H-pyrrole nitrogens is 1. The Kier molecular flexibility index (Phi) is 5.50. The number of hydrogen-bond donors (Lipinski definition) is 1. The molecule has 2 aliphatic rings. The number of rotatable bonds is 3. The van der Waals surface area contributed by atoms with Crippen LogP contribution in [0.15, 0.2) is 6.33 Å². The monoisotopic (exact) mass is 390 g/mol. The Labute approximate surface area is 165 Å². The Morgan fingerprint density at radius 1 is 1.18 bits per heavy atom. The van der Waals surface area contributed by atoms with Gasteiger partial charge in [0.1, 0.15) is 11.4 Å². The molecule has 0 unspecified atom stereocenters. The average Bonchev–Trinajstić information content (AvgIpc) is 3.09. The van der Waals surface area contributed by atoms with Gasteiger partial charge in [-0.25, -0.2) is 9.78 Å². The second-order valence-corrected chi connectivity index (χ2v) is 8.73. The van der Waals surface area contributed by atoms with Crippen LogP contribution in [0.2, 0.25) is 0 Å². The topological polar surface area (TPSA) is 95.6 Å². The van der Waals surface area contributed by atoms with Crippen LogP contribution in [0.4, 0.5) is 4.79 Å². The normalized spacial score (nSPS) is 18.7. The van der Waals surface area contributed by atoms with Crippen molar-refractivity contribution in [3.63, 3.8) is 0 Å². The maximum atomic E-state index is 12.9. The summed E-state index contributed by atoms with van der Waals surface area (Å²) in [5.41, 5.74) is 0.890. The van der Waals surface area contributed by atoms with E-state index < -0.39 is 11.1 Å². The van der Waals surface area contributed by atoms with Crippen molar-refractivity contribution >= 4 is 17.8 Å². The minimum absolute atomic E-state index is 0.0135. The van der Waals surface area contributed by atoms with Gasteiger partial charge in [0.25, 0.3) is 0 Å². The van der Waals surface area contributed by atoms with Crippen molar-refractivity contribution in [1.29, 1.82) is 0 Å².